The molecule has 9 nitrogen and oxygen atoms in total. The summed E-state index contributed by atoms with van der Waals surface area (Å²) in [5.41, 5.74) is 0.660. The first-order chi connectivity index (χ1) is 10.6. The second kappa shape index (κ2) is 5.77. The van der Waals surface area contributed by atoms with Gasteiger partial charge in [0.25, 0.3) is 10.0 Å². The maximum atomic E-state index is 12.3. The highest BCUT2D eigenvalue weighted by Crippen LogP contribution is 2.20. The zero-order valence-electron chi connectivity index (χ0n) is 11.4. The van der Waals surface area contributed by atoms with Crippen LogP contribution in [0.3, 0.4) is 0 Å². The second-order valence-electron chi connectivity index (χ2n) is 4.21. The number of anilines is 1. The Balaban J connectivity index is 1.82. The highest BCUT2D eigenvalue weighted by Gasteiger charge is 2.16. The summed E-state index contributed by atoms with van der Waals surface area (Å²) in [5.74, 6) is 0. The van der Waals surface area contributed by atoms with Gasteiger partial charge in [-0.25, -0.2) is 13.1 Å². The number of tetrazole rings is 1. The van der Waals surface area contributed by atoms with Crippen LogP contribution in [0.25, 0.3) is 5.69 Å². The third kappa shape index (κ3) is 2.94. The Labute approximate surface area is 130 Å². The molecule has 2 aromatic heterocycles. The van der Waals surface area contributed by atoms with Crippen molar-refractivity contribution in [2.24, 2.45) is 0 Å². The van der Waals surface area contributed by atoms with E-state index in [1.54, 1.807) is 12.1 Å². The van der Waals surface area contributed by atoms with Crippen LogP contribution in [0.2, 0.25) is 0 Å². The fourth-order valence-corrected chi connectivity index (χ4v) is 3.58. The molecule has 1 N–H and O–H groups in total. The molecule has 0 amide bonds. The van der Waals surface area contributed by atoms with E-state index in [4.69, 9.17) is 0 Å². The minimum absolute atomic E-state index is 0.123. The minimum Gasteiger partial charge on any atom is -0.253 e. The quantitative estimate of drug-likeness (QED) is 0.734. The molecule has 11 heteroatoms. The van der Waals surface area contributed by atoms with Crippen molar-refractivity contribution < 1.29 is 8.42 Å². The molecule has 1 aromatic carbocycles. The van der Waals surface area contributed by atoms with Crippen LogP contribution in [0.1, 0.15) is 11.9 Å². The Morgan fingerprint density at radius 3 is 2.59 bits per heavy atom. The van der Waals surface area contributed by atoms with Crippen LogP contribution in [-0.4, -0.2) is 38.8 Å². The zero-order valence-corrected chi connectivity index (χ0v) is 13.0. The Bertz CT molecular complexity index is 856. The van der Waals surface area contributed by atoms with Gasteiger partial charge < -0.3 is 0 Å². The molecule has 2 heterocycles. The third-order valence-corrected chi connectivity index (χ3v) is 5.22. The standard InChI is InChI=1S/C11H11N7O2S2/c1-2-10-13-14-11(21-10)15-22(19,20)9-5-3-8(4-6-9)18-7-12-16-17-18/h3-7H,2H2,1H3,(H,14,15). The lowest BCUT2D eigenvalue weighted by molar-refractivity contribution is 0.601. The first-order valence-electron chi connectivity index (χ1n) is 6.27. The number of benzene rings is 1. The van der Waals surface area contributed by atoms with E-state index in [-0.39, 0.29) is 10.0 Å². The monoisotopic (exact) mass is 337 g/mol. The van der Waals surface area contributed by atoms with Gasteiger partial charge in [-0.3, -0.25) is 4.72 Å². The molecule has 114 valence electrons. The van der Waals surface area contributed by atoms with E-state index in [1.807, 2.05) is 6.92 Å². The van der Waals surface area contributed by atoms with Gasteiger partial charge in [0.05, 0.1) is 10.6 Å². The van der Waals surface area contributed by atoms with Crippen molar-refractivity contribution in [2.75, 3.05) is 4.72 Å². The maximum absolute atomic E-state index is 12.3. The normalized spacial score (nSPS) is 11.5. The molecule has 0 aliphatic rings. The number of aromatic nitrogens is 6. The number of sulfonamides is 1. The molecule has 0 saturated heterocycles. The van der Waals surface area contributed by atoms with E-state index < -0.39 is 10.0 Å². The highest BCUT2D eigenvalue weighted by atomic mass is 32.2. The van der Waals surface area contributed by atoms with E-state index in [1.165, 1.54) is 34.5 Å². The van der Waals surface area contributed by atoms with E-state index in [0.29, 0.717) is 12.1 Å². The summed E-state index contributed by atoms with van der Waals surface area (Å²) >= 11 is 1.21. The molecular formula is C11H11N7O2S2. The molecule has 0 radical (unpaired) electrons. The molecule has 3 rings (SSSR count). The van der Waals surface area contributed by atoms with Gasteiger partial charge in [-0.15, -0.1) is 15.3 Å². The van der Waals surface area contributed by atoms with Crippen molar-refractivity contribution in [3.8, 4) is 5.69 Å². The van der Waals surface area contributed by atoms with E-state index in [2.05, 4.69) is 30.4 Å². The molecule has 0 saturated carbocycles. The fourth-order valence-electron chi connectivity index (χ4n) is 1.67. The van der Waals surface area contributed by atoms with E-state index >= 15 is 0 Å². The van der Waals surface area contributed by atoms with Crippen molar-refractivity contribution in [3.05, 3.63) is 35.6 Å². The Kier molecular flexibility index (Phi) is 3.81. The van der Waals surface area contributed by atoms with Crippen molar-refractivity contribution >= 4 is 26.5 Å². The second-order valence-corrected chi connectivity index (χ2v) is 6.95. The van der Waals surface area contributed by atoms with E-state index in [9.17, 15) is 8.42 Å². The summed E-state index contributed by atoms with van der Waals surface area (Å²) < 4.78 is 28.4. The number of hydrogen-bond acceptors (Lipinski definition) is 8. The van der Waals surface area contributed by atoms with Crippen molar-refractivity contribution in [1.82, 2.24) is 30.4 Å². The Hall–Kier alpha value is -2.40. The molecule has 0 bridgehead atoms. The van der Waals surface area contributed by atoms with Crippen molar-refractivity contribution in [3.63, 3.8) is 0 Å². The first-order valence-corrected chi connectivity index (χ1v) is 8.57. The first kappa shape index (κ1) is 14.5. The molecule has 0 atom stereocenters. The summed E-state index contributed by atoms with van der Waals surface area (Å²) in [6.07, 6.45) is 2.13. The van der Waals surface area contributed by atoms with Crippen molar-refractivity contribution in [1.29, 1.82) is 0 Å². The average Bonchev–Trinajstić information content (AvgIpc) is 3.18. The Morgan fingerprint density at radius 1 is 1.23 bits per heavy atom. The lowest BCUT2D eigenvalue weighted by Gasteiger charge is -2.05. The van der Waals surface area contributed by atoms with Gasteiger partial charge in [0.15, 0.2) is 0 Å². The van der Waals surface area contributed by atoms with Crippen LogP contribution in [0.5, 0.6) is 0 Å². The van der Waals surface area contributed by atoms with Crippen LogP contribution in [0.4, 0.5) is 5.13 Å². The number of aryl methyl sites for hydroxylation is 1. The SMILES string of the molecule is CCc1nnc(NS(=O)(=O)c2ccc(-n3cnnn3)cc2)s1. The van der Waals surface area contributed by atoms with Crippen LogP contribution in [0, 0.1) is 0 Å². The lowest BCUT2D eigenvalue weighted by atomic mass is 10.3. The lowest BCUT2D eigenvalue weighted by Crippen LogP contribution is -2.12. The van der Waals surface area contributed by atoms with Crippen LogP contribution in [0.15, 0.2) is 35.5 Å². The Morgan fingerprint density at radius 2 is 2.00 bits per heavy atom. The summed E-state index contributed by atoms with van der Waals surface area (Å²) in [5, 5.41) is 19.5. The van der Waals surface area contributed by atoms with Crippen LogP contribution >= 0.6 is 11.3 Å². The molecule has 0 fully saturated rings. The summed E-state index contributed by atoms with van der Waals surface area (Å²) in [6, 6.07) is 6.17. The smallest absolute Gasteiger partial charge is 0.253 e. The van der Waals surface area contributed by atoms with Gasteiger partial charge in [0.2, 0.25) is 5.13 Å². The van der Waals surface area contributed by atoms with Gasteiger partial charge >= 0.3 is 0 Å². The van der Waals surface area contributed by atoms with Gasteiger partial charge in [0.1, 0.15) is 11.3 Å². The number of nitrogens with zero attached hydrogens (tertiary/aromatic N) is 6. The number of rotatable bonds is 5. The van der Waals surface area contributed by atoms with E-state index in [0.717, 1.165) is 5.01 Å². The van der Waals surface area contributed by atoms with Crippen LogP contribution in [-0.2, 0) is 16.4 Å². The molecule has 3 aromatic rings. The summed E-state index contributed by atoms with van der Waals surface area (Å²) in [7, 11) is -3.70. The predicted octanol–water partition coefficient (Wildman–Crippen LogP) is 0.877. The average molecular weight is 337 g/mol. The molecule has 0 spiro atoms. The fraction of sp³-hybridized carbons (Fsp3) is 0.182. The summed E-state index contributed by atoms with van der Waals surface area (Å²) in [6.45, 7) is 1.93. The topological polar surface area (TPSA) is 116 Å². The van der Waals surface area contributed by atoms with Gasteiger partial charge in [-0.1, -0.05) is 18.3 Å². The molecular weight excluding hydrogens is 326 g/mol. The number of nitrogens with one attached hydrogen (secondary N) is 1. The third-order valence-electron chi connectivity index (χ3n) is 2.75. The highest BCUT2D eigenvalue weighted by molar-refractivity contribution is 7.93. The predicted molar refractivity (Wildman–Crippen MR) is 79.2 cm³/mol. The van der Waals surface area contributed by atoms with Crippen LogP contribution < -0.4 is 4.72 Å². The molecule has 22 heavy (non-hydrogen) atoms. The van der Waals surface area contributed by atoms with Gasteiger partial charge in [0, 0.05) is 0 Å². The van der Waals surface area contributed by atoms with Crippen molar-refractivity contribution in [2.45, 2.75) is 18.2 Å². The largest absolute Gasteiger partial charge is 0.263 e. The number of hydrogen-bond donors (Lipinski definition) is 1. The zero-order chi connectivity index (χ0) is 15.6. The molecule has 0 aliphatic heterocycles. The maximum Gasteiger partial charge on any atom is 0.263 e. The molecule has 0 aliphatic carbocycles. The molecule has 0 unspecified atom stereocenters. The minimum atomic E-state index is -3.70. The summed E-state index contributed by atoms with van der Waals surface area (Å²) in [4.78, 5) is 0.123. The van der Waals surface area contributed by atoms with Gasteiger partial charge in [-0.05, 0) is 41.1 Å². The van der Waals surface area contributed by atoms with Gasteiger partial charge in [-0.2, -0.15) is 0 Å².